The van der Waals surface area contributed by atoms with Gasteiger partial charge in [-0.2, -0.15) is 0 Å². The average Bonchev–Trinajstić information content (AvgIpc) is 2.69. The molecule has 0 aromatic heterocycles. The van der Waals surface area contributed by atoms with Crippen LogP contribution in [0.2, 0.25) is 0 Å². The number of carbonyl (C=O) groups is 1. The van der Waals surface area contributed by atoms with Crippen LogP contribution < -0.4 is 11.1 Å². The molecule has 0 radical (unpaired) electrons. The van der Waals surface area contributed by atoms with Gasteiger partial charge in [0.1, 0.15) is 0 Å². The van der Waals surface area contributed by atoms with Crippen LogP contribution >= 0.6 is 0 Å². The molecule has 2 aliphatic rings. The lowest BCUT2D eigenvalue weighted by Gasteiger charge is -2.34. The van der Waals surface area contributed by atoms with E-state index in [-0.39, 0.29) is 11.9 Å². The Kier molecular flexibility index (Phi) is 3.97. The Morgan fingerprint density at radius 1 is 1.28 bits per heavy atom. The minimum atomic E-state index is -0.688. The van der Waals surface area contributed by atoms with Gasteiger partial charge in [-0.05, 0) is 32.6 Å². The van der Waals surface area contributed by atoms with Crippen molar-refractivity contribution >= 4 is 5.91 Å². The van der Waals surface area contributed by atoms with Gasteiger partial charge in [-0.15, -0.1) is 0 Å². The van der Waals surface area contributed by atoms with E-state index < -0.39 is 11.0 Å². The van der Waals surface area contributed by atoms with Gasteiger partial charge in [0.05, 0.1) is 11.0 Å². The van der Waals surface area contributed by atoms with Gasteiger partial charge in [0.15, 0.2) is 0 Å². The summed E-state index contributed by atoms with van der Waals surface area (Å²) in [6, 6.07) is -0.0431. The molecule has 2 aliphatic carbocycles. The zero-order valence-corrected chi connectivity index (χ0v) is 11.4. The van der Waals surface area contributed by atoms with Crippen molar-refractivity contribution in [1.29, 1.82) is 0 Å². The third kappa shape index (κ3) is 2.69. The number of hydrogen-bond donors (Lipinski definition) is 3. The van der Waals surface area contributed by atoms with E-state index in [1.165, 1.54) is 6.42 Å². The molecule has 2 fully saturated rings. The minimum absolute atomic E-state index is 0.0199. The Balaban J connectivity index is 1.88. The van der Waals surface area contributed by atoms with E-state index in [4.69, 9.17) is 5.73 Å². The summed E-state index contributed by atoms with van der Waals surface area (Å²) >= 11 is 0. The van der Waals surface area contributed by atoms with Crippen molar-refractivity contribution in [3.63, 3.8) is 0 Å². The number of nitrogens with two attached hydrogens (primary N) is 1. The van der Waals surface area contributed by atoms with Crippen LogP contribution in [0.1, 0.15) is 58.3 Å². The predicted molar refractivity (Wildman–Crippen MR) is 71.0 cm³/mol. The molecule has 0 aromatic carbocycles. The van der Waals surface area contributed by atoms with E-state index in [0.717, 1.165) is 44.9 Å². The minimum Gasteiger partial charge on any atom is -0.388 e. The Morgan fingerprint density at radius 2 is 1.94 bits per heavy atom. The molecular weight excluding hydrogens is 228 g/mol. The van der Waals surface area contributed by atoms with Crippen LogP contribution in [-0.2, 0) is 4.79 Å². The maximum Gasteiger partial charge on any atom is 0.227 e. The highest BCUT2D eigenvalue weighted by atomic mass is 16.3. The van der Waals surface area contributed by atoms with Gasteiger partial charge in [-0.1, -0.05) is 25.7 Å². The Morgan fingerprint density at radius 3 is 2.50 bits per heavy atom. The second-order valence-electron chi connectivity index (χ2n) is 6.38. The maximum atomic E-state index is 12.3. The van der Waals surface area contributed by atoms with Crippen molar-refractivity contribution < 1.29 is 9.90 Å². The molecule has 1 amide bonds. The average molecular weight is 254 g/mol. The van der Waals surface area contributed by atoms with Crippen molar-refractivity contribution in [2.24, 2.45) is 11.1 Å². The summed E-state index contributed by atoms with van der Waals surface area (Å²) in [5, 5.41) is 13.3. The highest BCUT2D eigenvalue weighted by Crippen LogP contribution is 2.37. The molecule has 0 bridgehead atoms. The van der Waals surface area contributed by atoms with Crippen LogP contribution in [0, 0.1) is 5.41 Å². The zero-order chi connectivity index (χ0) is 13.2. The highest BCUT2D eigenvalue weighted by molar-refractivity contribution is 5.83. The first-order valence-electron chi connectivity index (χ1n) is 7.23. The summed E-state index contributed by atoms with van der Waals surface area (Å²) in [7, 11) is 0. The summed E-state index contributed by atoms with van der Waals surface area (Å²) in [6.07, 6.45) is 7.72. The van der Waals surface area contributed by atoms with Crippen LogP contribution in [0.3, 0.4) is 0 Å². The van der Waals surface area contributed by atoms with Crippen molar-refractivity contribution in [3.8, 4) is 0 Å². The second-order valence-corrected chi connectivity index (χ2v) is 6.38. The fourth-order valence-corrected chi connectivity index (χ4v) is 3.31. The molecule has 4 nitrogen and oxygen atoms in total. The lowest BCUT2D eigenvalue weighted by molar-refractivity contribution is -0.132. The summed E-state index contributed by atoms with van der Waals surface area (Å²) < 4.78 is 0. The lowest BCUT2D eigenvalue weighted by Crippen LogP contribution is -2.52. The van der Waals surface area contributed by atoms with Crippen molar-refractivity contribution in [2.75, 3.05) is 6.54 Å². The molecule has 0 heterocycles. The van der Waals surface area contributed by atoms with Crippen LogP contribution in [0.25, 0.3) is 0 Å². The first-order chi connectivity index (χ1) is 8.46. The number of rotatable bonds is 3. The normalized spacial score (nSPS) is 35.4. The SMILES string of the molecule is CC1(C(=O)NCC2(O)CCCCC2)CCCC1N. The molecular formula is C14H26N2O2. The first kappa shape index (κ1) is 13.8. The molecule has 0 saturated heterocycles. The summed E-state index contributed by atoms with van der Waals surface area (Å²) in [5.74, 6) is 0.0199. The van der Waals surface area contributed by atoms with E-state index in [1.54, 1.807) is 0 Å². The Bertz CT molecular complexity index is 313. The number of amides is 1. The standard InChI is InChI=1S/C14H26N2O2/c1-13(7-5-6-11(13)15)12(17)16-10-14(18)8-3-2-4-9-14/h11,18H,2-10,15H2,1H3,(H,16,17). The van der Waals surface area contributed by atoms with E-state index in [1.807, 2.05) is 6.92 Å². The van der Waals surface area contributed by atoms with Gasteiger partial charge in [-0.3, -0.25) is 4.79 Å². The van der Waals surface area contributed by atoms with Crippen molar-refractivity contribution in [1.82, 2.24) is 5.32 Å². The van der Waals surface area contributed by atoms with Crippen molar-refractivity contribution in [2.45, 2.75) is 69.9 Å². The topological polar surface area (TPSA) is 75.3 Å². The quantitative estimate of drug-likeness (QED) is 0.711. The predicted octanol–water partition coefficient (Wildman–Crippen LogP) is 1.32. The monoisotopic (exact) mass is 254 g/mol. The fourth-order valence-electron chi connectivity index (χ4n) is 3.31. The molecule has 18 heavy (non-hydrogen) atoms. The first-order valence-corrected chi connectivity index (χ1v) is 7.23. The third-order valence-electron chi connectivity index (χ3n) is 4.91. The molecule has 0 aromatic rings. The summed E-state index contributed by atoms with van der Waals surface area (Å²) in [6.45, 7) is 2.33. The van der Waals surface area contributed by atoms with Gasteiger partial charge >= 0.3 is 0 Å². The smallest absolute Gasteiger partial charge is 0.227 e. The zero-order valence-electron chi connectivity index (χ0n) is 11.4. The third-order valence-corrected chi connectivity index (χ3v) is 4.91. The molecule has 0 aliphatic heterocycles. The van der Waals surface area contributed by atoms with E-state index in [2.05, 4.69) is 5.32 Å². The van der Waals surface area contributed by atoms with Gasteiger partial charge in [0, 0.05) is 12.6 Å². The fraction of sp³-hybridized carbons (Fsp3) is 0.929. The molecule has 2 atom stereocenters. The molecule has 0 spiro atoms. The number of hydrogen-bond acceptors (Lipinski definition) is 3. The van der Waals surface area contributed by atoms with Crippen LogP contribution in [0.4, 0.5) is 0 Å². The summed E-state index contributed by atoms with van der Waals surface area (Å²) in [5.41, 5.74) is 4.91. The largest absolute Gasteiger partial charge is 0.388 e. The van der Waals surface area contributed by atoms with Crippen LogP contribution in [0.5, 0.6) is 0 Å². The maximum absolute atomic E-state index is 12.3. The van der Waals surface area contributed by atoms with Crippen molar-refractivity contribution in [3.05, 3.63) is 0 Å². The Hall–Kier alpha value is -0.610. The van der Waals surface area contributed by atoms with Gasteiger partial charge in [-0.25, -0.2) is 0 Å². The summed E-state index contributed by atoms with van der Waals surface area (Å²) in [4.78, 5) is 12.3. The molecule has 4 N–H and O–H groups in total. The van der Waals surface area contributed by atoms with Gasteiger partial charge in [0.2, 0.25) is 5.91 Å². The number of aliphatic hydroxyl groups is 1. The lowest BCUT2D eigenvalue weighted by atomic mass is 9.82. The Labute approximate surface area is 109 Å². The van der Waals surface area contributed by atoms with E-state index >= 15 is 0 Å². The molecule has 2 rings (SSSR count). The van der Waals surface area contributed by atoms with Crippen LogP contribution in [0.15, 0.2) is 0 Å². The van der Waals surface area contributed by atoms with Crippen LogP contribution in [-0.4, -0.2) is 29.2 Å². The number of nitrogens with one attached hydrogen (secondary N) is 1. The van der Waals surface area contributed by atoms with Gasteiger partial charge < -0.3 is 16.2 Å². The van der Waals surface area contributed by atoms with Gasteiger partial charge in [0.25, 0.3) is 0 Å². The molecule has 4 heteroatoms. The number of carbonyl (C=O) groups excluding carboxylic acids is 1. The highest BCUT2D eigenvalue weighted by Gasteiger charge is 2.43. The van der Waals surface area contributed by atoms with E-state index in [0.29, 0.717) is 6.54 Å². The second kappa shape index (κ2) is 5.17. The molecule has 2 saturated carbocycles. The molecule has 104 valence electrons. The van der Waals surface area contributed by atoms with E-state index in [9.17, 15) is 9.90 Å². The molecule has 2 unspecified atom stereocenters.